The quantitative estimate of drug-likeness (QED) is 0.769. The number of aliphatic hydroxyl groups is 1. The Bertz CT molecular complexity index is 243. The fourth-order valence-electron chi connectivity index (χ4n) is 2.67. The summed E-state index contributed by atoms with van der Waals surface area (Å²) in [7, 11) is 1.86. The topological polar surface area (TPSA) is 40.5 Å². The zero-order chi connectivity index (χ0) is 12.9. The van der Waals surface area contributed by atoms with Gasteiger partial charge in [0.2, 0.25) is 5.91 Å². The van der Waals surface area contributed by atoms with Gasteiger partial charge in [-0.3, -0.25) is 4.79 Å². The first-order valence-corrected chi connectivity index (χ1v) is 6.89. The van der Waals surface area contributed by atoms with E-state index in [1.165, 1.54) is 25.7 Å². The third-order valence-electron chi connectivity index (χ3n) is 3.95. The lowest BCUT2D eigenvalue weighted by Crippen LogP contribution is -2.41. The maximum absolute atomic E-state index is 12.4. The van der Waals surface area contributed by atoms with Gasteiger partial charge in [-0.15, -0.1) is 0 Å². The molecule has 1 atom stereocenters. The highest BCUT2D eigenvalue weighted by atomic mass is 16.3. The van der Waals surface area contributed by atoms with Crippen molar-refractivity contribution in [2.24, 2.45) is 5.41 Å². The van der Waals surface area contributed by atoms with E-state index in [1.807, 2.05) is 7.05 Å². The van der Waals surface area contributed by atoms with Crippen LogP contribution in [0, 0.1) is 5.41 Å². The van der Waals surface area contributed by atoms with Crippen molar-refractivity contribution in [3.8, 4) is 0 Å². The molecule has 1 aliphatic carbocycles. The SMILES string of the molecule is CC(O)CCN(C)C(=O)C1(C)CCCCCC1. The molecule has 0 bridgehead atoms. The molecule has 0 spiro atoms. The van der Waals surface area contributed by atoms with Crippen LogP contribution in [0.5, 0.6) is 0 Å². The van der Waals surface area contributed by atoms with Gasteiger partial charge in [0.25, 0.3) is 0 Å². The van der Waals surface area contributed by atoms with Crippen molar-refractivity contribution in [2.75, 3.05) is 13.6 Å². The van der Waals surface area contributed by atoms with Crippen molar-refractivity contribution in [3.05, 3.63) is 0 Å². The van der Waals surface area contributed by atoms with E-state index in [4.69, 9.17) is 0 Å². The zero-order valence-electron chi connectivity index (χ0n) is 11.5. The fourth-order valence-corrected chi connectivity index (χ4v) is 2.67. The first-order chi connectivity index (χ1) is 7.96. The molecule has 3 nitrogen and oxygen atoms in total. The Kier molecular flexibility index (Phi) is 5.44. The summed E-state index contributed by atoms with van der Waals surface area (Å²) < 4.78 is 0. The predicted octanol–water partition coefficient (Wildman–Crippen LogP) is 2.58. The summed E-state index contributed by atoms with van der Waals surface area (Å²) in [6.07, 6.45) is 7.25. The van der Waals surface area contributed by atoms with Gasteiger partial charge in [0.1, 0.15) is 0 Å². The summed E-state index contributed by atoms with van der Waals surface area (Å²) in [6, 6.07) is 0. The standard InChI is InChI=1S/C14H27NO2/c1-12(16)8-11-15(3)13(17)14(2)9-6-4-5-7-10-14/h12,16H,4-11H2,1-3H3. The van der Waals surface area contributed by atoms with Gasteiger partial charge in [-0.2, -0.15) is 0 Å². The molecule has 0 aromatic carbocycles. The molecule has 0 radical (unpaired) electrons. The van der Waals surface area contributed by atoms with Crippen molar-refractivity contribution < 1.29 is 9.90 Å². The van der Waals surface area contributed by atoms with Crippen LogP contribution < -0.4 is 0 Å². The molecule has 1 saturated carbocycles. The summed E-state index contributed by atoms with van der Waals surface area (Å²) in [5, 5.41) is 9.26. The summed E-state index contributed by atoms with van der Waals surface area (Å²) >= 11 is 0. The van der Waals surface area contributed by atoms with Gasteiger partial charge in [-0.05, 0) is 26.2 Å². The highest BCUT2D eigenvalue weighted by Gasteiger charge is 2.35. The number of hydrogen-bond acceptors (Lipinski definition) is 2. The van der Waals surface area contributed by atoms with E-state index in [2.05, 4.69) is 6.92 Å². The first kappa shape index (κ1) is 14.5. The Morgan fingerprint density at radius 3 is 2.29 bits per heavy atom. The van der Waals surface area contributed by atoms with Crippen LogP contribution >= 0.6 is 0 Å². The molecule has 0 aliphatic heterocycles. The van der Waals surface area contributed by atoms with Crippen LogP contribution in [0.3, 0.4) is 0 Å². The zero-order valence-corrected chi connectivity index (χ0v) is 11.5. The normalized spacial score (nSPS) is 21.6. The number of amides is 1. The molecule has 1 unspecified atom stereocenters. The molecule has 1 fully saturated rings. The smallest absolute Gasteiger partial charge is 0.228 e. The Hall–Kier alpha value is -0.570. The number of carbonyl (C=O) groups excluding carboxylic acids is 1. The van der Waals surface area contributed by atoms with Gasteiger partial charge in [-0.1, -0.05) is 32.6 Å². The van der Waals surface area contributed by atoms with E-state index in [0.29, 0.717) is 13.0 Å². The Balaban J connectivity index is 2.53. The van der Waals surface area contributed by atoms with Gasteiger partial charge in [0.15, 0.2) is 0 Å². The molecule has 1 rings (SSSR count). The van der Waals surface area contributed by atoms with E-state index in [9.17, 15) is 9.90 Å². The monoisotopic (exact) mass is 241 g/mol. The average molecular weight is 241 g/mol. The Morgan fingerprint density at radius 1 is 1.29 bits per heavy atom. The summed E-state index contributed by atoms with van der Waals surface area (Å²) in [5.41, 5.74) is -0.163. The van der Waals surface area contributed by atoms with E-state index in [0.717, 1.165) is 12.8 Å². The number of carbonyl (C=O) groups is 1. The van der Waals surface area contributed by atoms with E-state index >= 15 is 0 Å². The van der Waals surface area contributed by atoms with Crippen LogP contribution in [0.15, 0.2) is 0 Å². The maximum atomic E-state index is 12.4. The molecule has 17 heavy (non-hydrogen) atoms. The average Bonchev–Trinajstić information content (AvgIpc) is 2.50. The molecule has 100 valence electrons. The third kappa shape index (κ3) is 4.30. The molecule has 1 amide bonds. The second kappa shape index (κ2) is 6.39. The lowest BCUT2D eigenvalue weighted by molar-refractivity contribution is -0.140. The van der Waals surface area contributed by atoms with Crippen molar-refractivity contribution in [3.63, 3.8) is 0 Å². The van der Waals surface area contributed by atoms with Gasteiger partial charge in [0.05, 0.1) is 6.10 Å². The van der Waals surface area contributed by atoms with Gasteiger partial charge < -0.3 is 10.0 Å². The molecule has 0 aromatic heterocycles. The maximum Gasteiger partial charge on any atom is 0.228 e. The first-order valence-electron chi connectivity index (χ1n) is 6.89. The predicted molar refractivity (Wildman–Crippen MR) is 69.7 cm³/mol. The number of nitrogens with zero attached hydrogens (tertiary/aromatic N) is 1. The number of rotatable bonds is 4. The summed E-state index contributed by atoms with van der Waals surface area (Å²) in [5.74, 6) is 0.264. The van der Waals surface area contributed by atoms with Gasteiger partial charge in [-0.25, -0.2) is 0 Å². The molecular weight excluding hydrogens is 214 g/mol. The van der Waals surface area contributed by atoms with Crippen LogP contribution in [-0.4, -0.2) is 35.6 Å². The second-order valence-electron chi connectivity index (χ2n) is 5.84. The molecular formula is C14H27NO2. The lowest BCUT2D eigenvalue weighted by atomic mass is 9.81. The Labute approximate surface area is 105 Å². The largest absolute Gasteiger partial charge is 0.393 e. The van der Waals surface area contributed by atoms with Crippen LogP contribution in [0.25, 0.3) is 0 Å². The molecule has 0 aromatic rings. The Morgan fingerprint density at radius 2 is 1.82 bits per heavy atom. The lowest BCUT2D eigenvalue weighted by Gasteiger charge is -2.32. The van der Waals surface area contributed by atoms with Crippen molar-refractivity contribution >= 4 is 5.91 Å². The summed E-state index contributed by atoms with van der Waals surface area (Å²) in [6.45, 7) is 4.54. The van der Waals surface area contributed by atoms with Crippen molar-refractivity contribution in [1.82, 2.24) is 4.90 Å². The van der Waals surface area contributed by atoms with Crippen LogP contribution in [-0.2, 0) is 4.79 Å². The minimum Gasteiger partial charge on any atom is -0.393 e. The third-order valence-corrected chi connectivity index (χ3v) is 3.95. The van der Waals surface area contributed by atoms with Crippen molar-refractivity contribution in [2.45, 2.75) is 64.9 Å². The minimum atomic E-state index is -0.327. The molecule has 0 saturated heterocycles. The summed E-state index contributed by atoms with van der Waals surface area (Å²) in [4.78, 5) is 14.2. The number of aliphatic hydroxyl groups excluding tert-OH is 1. The van der Waals surface area contributed by atoms with Gasteiger partial charge >= 0.3 is 0 Å². The molecule has 1 N–H and O–H groups in total. The van der Waals surface area contributed by atoms with Crippen molar-refractivity contribution in [1.29, 1.82) is 0 Å². The number of hydrogen-bond donors (Lipinski definition) is 1. The van der Waals surface area contributed by atoms with E-state index in [1.54, 1.807) is 11.8 Å². The van der Waals surface area contributed by atoms with E-state index < -0.39 is 0 Å². The highest BCUT2D eigenvalue weighted by molar-refractivity contribution is 5.82. The van der Waals surface area contributed by atoms with E-state index in [-0.39, 0.29) is 17.4 Å². The second-order valence-corrected chi connectivity index (χ2v) is 5.84. The molecule has 3 heteroatoms. The minimum absolute atomic E-state index is 0.163. The van der Waals surface area contributed by atoms with Crippen LogP contribution in [0.1, 0.15) is 58.8 Å². The highest BCUT2D eigenvalue weighted by Crippen LogP contribution is 2.36. The van der Waals surface area contributed by atoms with Crippen LogP contribution in [0.4, 0.5) is 0 Å². The van der Waals surface area contributed by atoms with Crippen LogP contribution in [0.2, 0.25) is 0 Å². The molecule has 0 heterocycles. The fraction of sp³-hybridized carbons (Fsp3) is 0.929. The molecule has 1 aliphatic rings. The van der Waals surface area contributed by atoms with Gasteiger partial charge in [0, 0.05) is 19.0 Å².